The molecule has 0 bridgehead atoms. The van der Waals surface area contributed by atoms with Gasteiger partial charge in [0.15, 0.2) is 0 Å². The van der Waals surface area contributed by atoms with Crippen molar-refractivity contribution in [2.24, 2.45) is 13.0 Å². The van der Waals surface area contributed by atoms with E-state index in [4.69, 9.17) is 0 Å². The quantitative estimate of drug-likeness (QED) is 0.174. The molecule has 5 heterocycles. The van der Waals surface area contributed by atoms with Crippen molar-refractivity contribution >= 4 is 39.9 Å². The maximum absolute atomic E-state index is 15.2. The van der Waals surface area contributed by atoms with Crippen molar-refractivity contribution in [3.8, 4) is 16.9 Å². The van der Waals surface area contributed by atoms with Crippen LogP contribution in [0.25, 0.3) is 21.9 Å². The lowest BCUT2D eigenvalue weighted by Gasteiger charge is -2.40. The van der Waals surface area contributed by atoms with E-state index < -0.39 is 24.1 Å². The zero-order chi connectivity index (χ0) is 39.7. The van der Waals surface area contributed by atoms with Gasteiger partial charge in [-0.05, 0) is 73.4 Å². The molecule has 296 valence electrons. The zero-order valence-corrected chi connectivity index (χ0v) is 31.1. The number of fused-ring (bicyclic) bond motifs is 1. The van der Waals surface area contributed by atoms with Crippen molar-refractivity contribution in [1.82, 2.24) is 24.7 Å². The minimum Gasteiger partial charge on any atom is -0.405 e. The molecule has 2 aromatic carbocycles. The molecule has 3 amide bonds. The predicted molar refractivity (Wildman–Crippen MR) is 201 cm³/mol. The number of hydrogen-bond acceptors (Lipinski definition) is 9. The molecule has 3 aliphatic heterocycles. The highest BCUT2D eigenvalue weighted by atomic mass is 19.4. The first-order chi connectivity index (χ1) is 26.7. The molecule has 1 unspecified atom stereocenters. The Hall–Kier alpha value is -5.51. The Labute approximate surface area is 320 Å². The van der Waals surface area contributed by atoms with E-state index in [1.165, 1.54) is 29.1 Å². The highest BCUT2D eigenvalue weighted by Gasteiger charge is 2.35. The van der Waals surface area contributed by atoms with Gasteiger partial charge in [0, 0.05) is 101 Å². The molecule has 0 saturated carbocycles. The number of pyridine rings is 2. The van der Waals surface area contributed by atoms with Gasteiger partial charge >= 0.3 is 6.36 Å². The van der Waals surface area contributed by atoms with E-state index >= 15 is 4.39 Å². The van der Waals surface area contributed by atoms with Gasteiger partial charge in [0.05, 0.1) is 11.1 Å². The average Bonchev–Trinajstić information content (AvgIpc) is 3.17. The van der Waals surface area contributed by atoms with Crippen molar-refractivity contribution in [2.75, 3.05) is 43.4 Å². The fraction of sp³-hybridized carbons (Fsp3) is 0.425. The number of anilines is 2. The number of aromatic nitrogens is 2. The summed E-state index contributed by atoms with van der Waals surface area (Å²) in [6.07, 6.45) is 2.61. The number of rotatable bonds is 9. The van der Waals surface area contributed by atoms with Gasteiger partial charge in [-0.1, -0.05) is 12.1 Å². The van der Waals surface area contributed by atoms with Crippen LogP contribution < -0.4 is 25.8 Å². The Morgan fingerprint density at radius 1 is 0.982 bits per heavy atom. The third kappa shape index (κ3) is 8.49. The monoisotopic (exact) mass is 777 g/mol. The average molecular weight is 778 g/mol. The van der Waals surface area contributed by atoms with Crippen LogP contribution in [-0.4, -0.2) is 88.7 Å². The number of aryl methyl sites for hydroxylation is 1. The number of halogens is 4. The van der Waals surface area contributed by atoms with Crippen LogP contribution in [0.3, 0.4) is 0 Å². The van der Waals surface area contributed by atoms with E-state index in [-0.39, 0.29) is 48.0 Å². The number of carbonyl (C=O) groups excluding carboxylic acids is 3. The van der Waals surface area contributed by atoms with Crippen LogP contribution in [0.1, 0.15) is 44.1 Å². The van der Waals surface area contributed by atoms with Crippen molar-refractivity contribution in [2.45, 2.75) is 63.5 Å². The van der Waals surface area contributed by atoms with Gasteiger partial charge in [-0.2, -0.15) is 0 Å². The lowest BCUT2D eigenvalue weighted by Crippen LogP contribution is -2.49. The molecule has 0 aliphatic carbocycles. The van der Waals surface area contributed by atoms with Gasteiger partial charge in [0.1, 0.15) is 17.6 Å². The normalized spacial score (nSPS) is 18.9. The van der Waals surface area contributed by atoms with E-state index in [1.54, 1.807) is 55.5 Å². The number of nitrogens with zero attached hydrogens (tertiary/aromatic N) is 5. The van der Waals surface area contributed by atoms with Crippen molar-refractivity contribution in [3.63, 3.8) is 0 Å². The van der Waals surface area contributed by atoms with E-state index in [0.29, 0.717) is 97.1 Å². The number of hydrogen-bond donors (Lipinski definition) is 2. The Balaban J connectivity index is 0.937. The third-order valence-corrected chi connectivity index (χ3v) is 11.1. The van der Waals surface area contributed by atoms with Crippen molar-refractivity contribution < 1.29 is 36.7 Å². The molecule has 12 nitrogen and oxygen atoms in total. The Bertz CT molecular complexity index is 2200. The lowest BCUT2D eigenvalue weighted by molar-refractivity contribution is -0.275. The third-order valence-electron chi connectivity index (χ3n) is 11.1. The molecule has 7 rings (SSSR count). The fourth-order valence-corrected chi connectivity index (χ4v) is 8.04. The number of alkyl halides is 3. The number of carbonyl (C=O) groups is 3. The number of likely N-dealkylation sites (tertiary alicyclic amines) is 1. The van der Waals surface area contributed by atoms with Crippen LogP contribution in [-0.2, 0) is 28.0 Å². The van der Waals surface area contributed by atoms with Crippen LogP contribution in [0, 0.1) is 11.7 Å². The van der Waals surface area contributed by atoms with Gasteiger partial charge in [0.2, 0.25) is 17.7 Å². The highest BCUT2D eigenvalue weighted by molar-refractivity contribution is 6.01. The lowest BCUT2D eigenvalue weighted by atomic mass is 9.93. The molecule has 16 heteroatoms. The summed E-state index contributed by atoms with van der Waals surface area (Å²) in [6.45, 7) is 2.35. The van der Waals surface area contributed by atoms with Gasteiger partial charge in [-0.15, -0.1) is 13.2 Å². The number of nitrogens with one attached hydrogen (secondary N) is 2. The van der Waals surface area contributed by atoms with Crippen LogP contribution in [0.5, 0.6) is 5.75 Å². The molecule has 3 saturated heterocycles. The second kappa shape index (κ2) is 15.9. The first-order valence-electron chi connectivity index (χ1n) is 18.7. The van der Waals surface area contributed by atoms with E-state index in [1.807, 2.05) is 4.90 Å². The molecule has 2 N–H and O–H groups in total. The Kier molecular flexibility index (Phi) is 11.0. The first kappa shape index (κ1) is 38.8. The van der Waals surface area contributed by atoms with Crippen molar-refractivity contribution in [1.29, 1.82) is 0 Å². The number of piperidine rings is 3. The minimum atomic E-state index is -4.91. The van der Waals surface area contributed by atoms with Gasteiger partial charge < -0.3 is 24.4 Å². The summed E-state index contributed by atoms with van der Waals surface area (Å²) >= 11 is 0. The minimum absolute atomic E-state index is 0.0283. The smallest absolute Gasteiger partial charge is 0.405 e. The van der Waals surface area contributed by atoms with Crippen LogP contribution >= 0.6 is 0 Å². The second-order valence-corrected chi connectivity index (χ2v) is 14.8. The van der Waals surface area contributed by atoms with Gasteiger partial charge in [-0.25, -0.2) is 4.39 Å². The second-order valence-electron chi connectivity index (χ2n) is 14.8. The molecule has 3 fully saturated rings. The number of ether oxygens (including phenoxy) is 1. The van der Waals surface area contributed by atoms with Crippen LogP contribution in [0.4, 0.5) is 28.9 Å². The van der Waals surface area contributed by atoms with Gasteiger partial charge in [0.25, 0.3) is 5.56 Å². The topological polar surface area (TPSA) is 129 Å². The Morgan fingerprint density at radius 3 is 2.43 bits per heavy atom. The standard InChI is InChI=1S/C40H43F4N7O5/c1-48-23-31(29-9-14-45-21-30(29)39(48)55)25-3-4-26(35(19-25)56-40(42,43)44)22-50-15-12-28(13-16-50)49(2)38(54)24-10-17-51(18-11-24)34-7-5-27(20-32(34)41)46-33-6-8-36(52)47-37(33)53/h3-5,7,9,14,19-21,23-24,28,33,46H,6,8,10-13,15-18,22H2,1-2H3,(H,47,52,53). The fourth-order valence-electron chi connectivity index (χ4n) is 8.04. The number of benzene rings is 2. The number of imide groups is 1. The highest BCUT2D eigenvalue weighted by Crippen LogP contribution is 2.35. The Morgan fingerprint density at radius 2 is 1.73 bits per heavy atom. The van der Waals surface area contributed by atoms with E-state index in [0.717, 1.165) is 0 Å². The summed E-state index contributed by atoms with van der Waals surface area (Å²) in [5.41, 5.74) is 2.00. The molecule has 1 atom stereocenters. The summed E-state index contributed by atoms with van der Waals surface area (Å²) < 4.78 is 62.0. The summed E-state index contributed by atoms with van der Waals surface area (Å²) in [5, 5.41) is 6.20. The maximum atomic E-state index is 15.2. The molecular formula is C40H43F4N7O5. The molecule has 0 spiro atoms. The van der Waals surface area contributed by atoms with E-state index in [2.05, 4.69) is 25.3 Å². The largest absolute Gasteiger partial charge is 0.573 e. The molecular weight excluding hydrogens is 734 g/mol. The predicted octanol–water partition coefficient (Wildman–Crippen LogP) is 5.19. The summed E-state index contributed by atoms with van der Waals surface area (Å²) in [7, 11) is 3.38. The maximum Gasteiger partial charge on any atom is 0.573 e. The summed E-state index contributed by atoms with van der Waals surface area (Å²) in [4.78, 5) is 59.6. The van der Waals surface area contributed by atoms with Crippen LogP contribution in [0.15, 0.2) is 65.8 Å². The SMILES string of the molecule is CN(C(=O)C1CCN(c2ccc(NC3CCC(=O)NC3=O)cc2F)CC1)C1CCN(Cc2ccc(-c3cn(C)c(=O)c4cnccc34)cc2OC(F)(F)F)CC1. The van der Waals surface area contributed by atoms with Crippen molar-refractivity contribution in [3.05, 3.63) is 82.8 Å². The summed E-state index contributed by atoms with van der Waals surface area (Å²) in [6, 6.07) is 10.4. The molecule has 3 aliphatic rings. The van der Waals surface area contributed by atoms with E-state index in [9.17, 15) is 32.3 Å². The number of amides is 3. The molecule has 0 radical (unpaired) electrons. The zero-order valence-electron chi connectivity index (χ0n) is 31.1. The molecule has 4 aromatic rings. The first-order valence-corrected chi connectivity index (χ1v) is 18.7. The van der Waals surface area contributed by atoms with Gasteiger partial charge in [-0.3, -0.25) is 34.4 Å². The van der Waals surface area contributed by atoms with Crippen LogP contribution in [0.2, 0.25) is 0 Å². The molecule has 2 aromatic heterocycles. The molecule has 56 heavy (non-hydrogen) atoms. The summed E-state index contributed by atoms with van der Waals surface area (Å²) in [5.74, 6) is -1.70.